The molecule has 10 heteroatoms. The Balaban J connectivity index is 1.66. The molecule has 0 amide bonds. The molecular formula is C20H26F2N4O3S. The first-order valence-corrected chi connectivity index (χ1v) is 10.7. The molecule has 3 rings (SSSR count). The van der Waals surface area contributed by atoms with E-state index in [0.717, 1.165) is 23.5 Å². The van der Waals surface area contributed by atoms with Gasteiger partial charge in [-0.05, 0) is 26.3 Å². The van der Waals surface area contributed by atoms with Gasteiger partial charge in [0.05, 0.1) is 17.2 Å². The Morgan fingerprint density at radius 2 is 2.03 bits per heavy atom. The Labute approximate surface area is 178 Å². The zero-order valence-electron chi connectivity index (χ0n) is 17.3. The Morgan fingerprint density at radius 3 is 2.70 bits per heavy atom. The van der Waals surface area contributed by atoms with Gasteiger partial charge in [0.25, 0.3) is 0 Å². The van der Waals surface area contributed by atoms with Crippen molar-refractivity contribution in [2.45, 2.75) is 46.8 Å². The molecule has 0 fully saturated rings. The molecule has 0 saturated heterocycles. The van der Waals surface area contributed by atoms with Crippen LogP contribution in [0.2, 0.25) is 0 Å². The van der Waals surface area contributed by atoms with Crippen LogP contribution in [0.4, 0.5) is 8.78 Å². The van der Waals surface area contributed by atoms with Crippen molar-refractivity contribution in [2.24, 2.45) is 4.99 Å². The highest BCUT2D eigenvalue weighted by Gasteiger charge is 2.20. The number of alkyl halides is 2. The van der Waals surface area contributed by atoms with Crippen LogP contribution in [-0.2, 0) is 19.4 Å². The first kappa shape index (κ1) is 22.1. The van der Waals surface area contributed by atoms with Gasteiger partial charge in [0, 0.05) is 36.0 Å². The third-order valence-electron chi connectivity index (χ3n) is 4.43. The molecule has 2 heterocycles. The van der Waals surface area contributed by atoms with Crippen molar-refractivity contribution in [3.05, 3.63) is 33.3 Å². The lowest BCUT2D eigenvalue weighted by atomic mass is 10.1. The van der Waals surface area contributed by atoms with Crippen LogP contribution in [0.1, 0.15) is 35.0 Å². The zero-order valence-corrected chi connectivity index (χ0v) is 18.1. The molecule has 1 aromatic heterocycles. The Morgan fingerprint density at radius 1 is 1.27 bits per heavy atom. The van der Waals surface area contributed by atoms with Crippen LogP contribution in [0.25, 0.3) is 0 Å². The molecule has 164 valence electrons. The summed E-state index contributed by atoms with van der Waals surface area (Å²) in [4.78, 5) is 10.4. The van der Waals surface area contributed by atoms with E-state index in [4.69, 9.17) is 9.47 Å². The van der Waals surface area contributed by atoms with Crippen molar-refractivity contribution in [1.82, 2.24) is 15.6 Å². The van der Waals surface area contributed by atoms with E-state index >= 15 is 0 Å². The number of aromatic nitrogens is 1. The second-order valence-electron chi connectivity index (χ2n) is 6.53. The van der Waals surface area contributed by atoms with Crippen LogP contribution in [-0.4, -0.2) is 37.4 Å². The van der Waals surface area contributed by atoms with E-state index < -0.39 is 6.61 Å². The fourth-order valence-electron chi connectivity index (χ4n) is 3.01. The van der Waals surface area contributed by atoms with Crippen LogP contribution >= 0.6 is 11.3 Å². The van der Waals surface area contributed by atoms with Gasteiger partial charge >= 0.3 is 6.61 Å². The van der Waals surface area contributed by atoms with Crippen LogP contribution in [0.3, 0.4) is 0 Å². The van der Waals surface area contributed by atoms with Crippen molar-refractivity contribution in [3.63, 3.8) is 0 Å². The minimum absolute atomic E-state index is 0.0270. The highest BCUT2D eigenvalue weighted by molar-refractivity contribution is 7.11. The molecule has 7 nitrogen and oxygen atoms in total. The van der Waals surface area contributed by atoms with E-state index in [2.05, 4.69) is 39.2 Å². The minimum atomic E-state index is -2.94. The summed E-state index contributed by atoms with van der Waals surface area (Å²) >= 11 is 1.71. The number of aryl methyl sites for hydroxylation is 2. The van der Waals surface area contributed by atoms with Crippen LogP contribution in [0.5, 0.6) is 17.2 Å². The van der Waals surface area contributed by atoms with E-state index in [-0.39, 0.29) is 19.1 Å². The maximum Gasteiger partial charge on any atom is 0.387 e. The summed E-state index contributed by atoms with van der Waals surface area (Å²) in [6.07, 6.45) is 1.71. The number of benzene rings is 1. The number of hydrogen-bond donors (Lipinski definition) is 2. The Kier molecular flexibility index (Phi) is 7.67. The van der Waals surface area contributed by atoms with E-state index in [9.17, 15) is 8.78 Å². The Bertz CT molecular complexity index is 889. The van der Waals surface area contributed by atoms with Gasteiger partial charge < -0.3 is 24.8 Å². The van der Waals surface area contributed by atoms with E-state index in [0.29, 0.717) is 36.1 Å². The van der Waals surface area contributed by atoms with Gasteiger partial charge in [-0.3, -0.25) is 0 Å². The molecule has 1 aliphatic heterocycles. The number of aliphatic imine (C=N–C) groups is 1. The summed E-state index contributed by atoms with van der Waals surface area (Å²) < 4.78 is 40.8. The second kappa shape index (κ2) is 10.4. The third-order valence-corrected chi connectivity index (χ3v) is 5.50. The first-order chi connectivity index (χ1) is 14.5. The highest BCUT2D eigenvalue weighted by atomic mass is 32.1. The quantitative estimate of drug-likeness (QED) is 0.458. The summed E-state index contributed by atoms with van der Waals surface area (Å²) in [5.41, 5.74) is 1.63. The lowest BCUT2D eigenvalue weighted by molar-refractivity contribution is -0.0505. The summed E-state index contributed by atoms with van der Waals surface area (Å²) in [5.74, 6) is 1.49. The average molecular weight is 441 g/mol. The van der Waals surface area contributed by atoms with Crippen LogP contribution in [0.15, 0.2) is 17.1 Å². The van der Waals surface area contributed by atoms with Crippen molar-refractivity contribution < 1.29 is 23.0 Å². The lowest BCUT2D eigenvalue weighted by Gasteiger charge is -2.13. The fourth-order valence-corrected chi connectivity index (χ4v) is 4.03. The summed E-state index contributed by atoms with van der Waals surface area (Å²) in [6.45, 7) is 4.73. The molecule has 0 unspecified atom stereocenters. The molecule has 1 aliphatic rings. The number of thiazole rings is 1. The number of rotatable bonds is 9. The predicted octanol–water partition coefficient (Wildman–Crippen LogP) is 3.64. The van der Waals surface area contributed by atoms with Crippen LogP contribution < -0.4 is 24.8 Å². The second-order valence-corrected chi connectivity index (χ2v) is 7.82. The van der Waals surface area contributed by atoms with Crippen molar-refractivity contribution in [3.8, 4) is 17.2 Å². The average Bonchev–Trinajstić information content (AvgIpc) is 3.30. The fraction of sp³-hybridized carbons (Fsp3) is 0.500. The van der Waals surface area contributed by atoms with Crippen molar-refractivity contribution in [1.29, 1.82) is 0 Å². The number of halogens is 2. The summed E-state index contributed by atoms with van der Waals surface area (Å²) in [6, 6.07) is 3.04. The molecule has 0 spiro atoms. The third kappa shape index (κ3) is 5.71. The standard InChI is InChI=1S/C20H26F2N4O3S/c1-4-14-12(3)30-18(26-14)6-7-24-20(23-5-2)25-10-13-8-16-17(28-11-27-16)9-15(13)29-19(21)22/h8-9,19H,4-7,10-11H2,1-3H3,(H2,23,24,25). The summed E-state index contributed by atoms with van der Waals surface area (Å²) in [7, 11) is 0. The molecule has 2 aromatic rings. The number of nitrogens with zero attached hydrogens (tertiary/aromatic N) is 2. The number of hydrogen-bond acceptors (Lipinski definition) is 6. The number of guanidine groups is 1. The maximum absolute atomic E-state index is 12.8. The van der Waals surface area contributed by atoms with Gasteiger partial charge in [-0.15, -0.1) is 11.3 Å². The van der Waals surface area contributed by atoms with Gasteiger partial charge in [0.2, 0.25) is 6.79 Å². The van der Waals surface area contributed by atoms with Crippen molar-refractivity contribution in [2.75, 3.05) is 19.9 Å². The predicted molar refractivity (Wildman–Crippen MR) is 112 cm³/mol. The molecule has 0 radical (unpaired) electrons. The lowest BCUT2D eigenvalue weighted by Crippen LogP contribution is -2.38. The van der Waals surface area contributed by atoms with Gasteiger partial charge in [-0.1, -0.05) is 6.92 Å². The molecule has 2 N–H and O–H groups in total. The van der Waals surface area contributed by atoms with E-state index in [1.54, 1.807) is 17.4 Å². The molecule has 0 bridgehead atoms. The molecule has 30 heavy (non-hydrogen) atoms. The Hall–Kier alpha value is -2.62. The molecule has 0 saturated carbocycles. The maximum atomic E-state index is 12.8. The normalized spacial score (nSPS) is 13.1. The van der Waals surface area contributed by atoms with Gasteiger partial charge in [-0.25, -0.2) is 9.98 Å². The molecule has 0 aliphatic carbocycles. The molecule has 1 aromatic carbocycles. The largest absolute Gasteiger partial charge is 0.454 e. The van der Waals surface area contributed by atoms with Crippen LogP contribution in [0, 0.1) is 6.92 Å². The number of nitrogens with one attached hydrogen (secondary N) is 2. The SMILES string of the molecule is CCNC(=NCc1cc2c(cc1OC(F)F)OCO2)NCCc1nc(CC)c(C)s1. The van der Waals surface area contributed by atoms with Gasteiger partial charge in [-0.2, -0.15) is 8.78 Å². The first-order valence-electron chi connectivity index (χ1n) is 9.84. The highest BCUT2D eigenvalue weighted by Crippen LogP contribution is 2.39. The van der Waals surface area contributed by atoms with E-state index in [1.165, 1.54) is 10.9 Å². The molecular weight excluding hydrogens is 414 g/mol. The zero-order chi connectivity index (χ0) is 21.5. The van der Waals surface area contributed by atoms with Gasteiger partial charge in [0.1, 0.15) is 5.75 Å². The van der Waals surface area contributed by atoms with Gasteiger partial charge in [0.15, 0.2) is 17.5 Å². The monoisotopic (exact) mass is 440 g/mol. The number of fused-ring (bicyclic) bond motifs is 1. The van der Waals surface area contributed by atoms with Crippen molar-refractivity contribution >= 4 is 17.3 Å². The molecule has 0 atom stereocenters. The van der Waals surface area contributed by atoms with E-state index in [1.807, 2.05) is 6.92 Å². The number of ether oxygens (including phenoxy) is 3. The topological polar surface area (TPSA) is 77.0 Å². The smallest absolute Gasteiger partial charge is 0.387 e. The summed E-state index contributed by atoms with van der Waals surface area (Å²) in [5, 5.41) is 7.50. The minimum Gasteiger partial charge on any atom is -0.454 e.